The van der Waals surface area contributed by atoms with Crippen LogP contribution in [-0.4, -0.2) is 42.0 Å². The van der Waals surface area contributed by atoms with E-state index in [9.17, 15) is 9.18 Å². The average Bonchev–Trinajstić information content (AvgIpc) is 3.03. The molecular formula is C24H28FN3O2. The topological polar surface area (TPSA) is 57.4 Å². The molecule has 1 aromatic heterocycles. The van der Waals surface area contributed by atoms with Gasteiger partial charge in [0, 0.05) is 47.8 Å². The molecule has 2 N–H and O–H groups in total. The number of aromatic nitrogens is 1. The van der Waals surface area contributed by atoms with Gasteiger partial charge in [0.1, 0.15) is 0 Å². The maximum atomic E-state index is 13.9. The van der Waals surface area contributed by atoms with E-state index >= 15 is 0 Å². The number of benzene rings is 2. The highest BCUT2D eigenvalue weighted by atomic mass is 19.1. The van der Waals surface area contributed by atoms with Crippen LogP contribution in [0.15, 0.2) is 36.4 Å². The van der Waals surface area contributed by atoms with Crippen molar-refractivity contribution in [2.45, 2.75) is 39.3 Å². The highest BCUT2D eigenvalue weighted by Crippen LogP contribution is 2.23. The molecule has 0 unspecified atom stereocenters. The van der Waals surface area contributed by atoms with Crippen molar-refractivity contribution in [2.75, 3.05) is 20.2 Å². The fraction of sp³-hybridized carbons (Fsp3) is 0.375. The van der Waals surface area contributed by atoms with E-state index in [1.807, 2.05) is 31.2 Å². The molecule has 1 aliphatic rings. The van der Waals surface area contributed by atoms with E-state index in [-0.39, 0.29) is 23.5 Å². The van der Waals surface area contributed by atoms with Crippen LogP contribution >= 0.6 is 0 Å². The number of hydrogen-bond donors (Lipinski definition) is 2. The number of aryl methyl sites for hydroxylation is 2. The molecule has 1 aliphatic heterocycles. The molecule has 0 radical (unpaired) electrons. The van der Waals surface area contributed by atoms with Gasteiger partial charge in [-0.1, -0.05) is 6.07 Å². The van der Waals surface area contributed by atoms with E-state index in [1.165, 1.54) is 18.7 Å². The Morgan fingerprint density at radius 3 is 2.67 bits per heavy atom. The minimum Gasteiger partial charge on any atom is -0.494 e. The summed E-state index contributed by atoms with van der Waals surface area (Å²) < 4.78 is 18.9. The molecule has 5 nitrogen and oxygen atoms in total. The number of methoxy groups -OCH3 is 1. The summed E-state index contributed by atoms with van der Waals surface area (Å²) in [6.07, 6.45) is 1.77. The van der Waals surface area contributed by atoms with Crippen LogP contribution in [0.2, 0.25) is 0 Å². The molecule has 3 aromatic rings. The fourth-order valence-electron chi connectivity index (χ4n) is 4.17. The van der Waals surface area contributed by atoms with Gasteiger partial charge in [-0.3, -0.25) is 9.69 Å². The normalized spacial score (nSPS) is 15.5. The summed E-state index contributed by atoms with van der Waals surface area (Å²) in [6, 6.07) is 11.1. The number of fused-ring (bicyclic) bond motifs is 1. The number of likely N-dealkylation sites (tertiary alicyclic amines) is 1. The Bertz CT molecular complexity index is 1070. The lowest BCUT2D eigenvalue weighted by Gasteiger charge is -2.32. The van der Waals surface area contributed by atoms with Gasteiger partial charge < -0.3 is 15.0 Å². The molecule has 1 saturated heterocycles. The van der Waals surface area contributed by atoms with Gasteiger partial charge in [-0.15, -0.1) is 0 Å². The van der Waals surface area contributed by atoms with Crippen molar-refractivity contribution >= 4 is 16.8 Å². The maximum Gasteiger partial charge on any atom is 0.251 e. The van der Waals surface area contributed by atoms with Gasteiger partial charge in [0.2, 0.25) is 0 Å². The third-order valence-corrected chi connectivity index (χ3v) is 6.12. The number of H-pyrrole nitrogens is 1. The number of piperidine rings is 1. The van der Waals surface area contributed by atoms with Gasteiger partial charge in [0.25, 0.3) is 5.91 Å². The molecule has 2 aromatic carbocycles. The summed E-state index contributed by atoms with van der Waals surface area (Å²) in [7, 11) is 1.47. The van der Waals surface area contributed by atoms with E-state index < -0.39 is 0 Å². The number of carbonyl (C=O) groups is 1. The predicted molar refractivity (Wildman–Crippen MR) is 116 cm³/mol. The molecule has 1 fully saturated rings. The van der Waals surface area contributed by atoms with Gasteiger partial charge in [0.05, 0.1) is 7.11 Å². The van der Waals surface area contributed by atoms with Crippen molar-refractivity contribution in [1.29, 1.82) is 0 Å². The molecule has 4 rings (SSSR count). The van der Waals surface area contributed by atoms with E-state index in [0.29, 0.717) is 12.1 Å². The molecule has 0 spiro atoms. The third-order valence-electron chi connectivity index (χ3n) is 6.12. The number of nitrogens with one attached hydrogen (secondary N) is 2. The van der Waals surface area contributed by atoms with Crippen molar-refractivity contribution in [1.82, 2.24) is 15.2 Å². The molecule has 0 aliphatic carbocycles. The first kappa shape index (κ1) is 20.4. The van der Waals surface area contributed by atoms with Gasteiger partial charge >= 0.3 is 0 Å². The van der Waals surface area contributed by atoms with Crippen LogP contribution < -0.4 is 10.1 Å². The van der Waals surface area contributed by atoms with Crippen molar-refractivity contribution in [3.05, 3.63) is 64.6 Å². The standard InChI is InChI=1S/C24H28FN3O2/c1-15-16(2)26-22-6-5-18(13-20(15)22)24(29)27-19-8-10-28(11-9-19)14-17-4-7-23(30-3)21(25)12-17/h4-7,12-13,19,26H,8-11,14H2,1-3H3,(H,27,29). The minimum absolute atomic E-state index is 0.0224. The second-order valence-corrected chi connectivity index (χ2v) is 8.13. The van der Waals surface area contributed by atoms with Crippen LogP contribution in [0, 0.1) is 19.7 Å². The summed E-state index contributed by atoms with van der Waals surface area (Å²) in [5.74, 6) is -0.0869. The Morgan fingerprint density at radius 1 is 1.20 bits per heavy atom. The Hall–Kier alpha value is -2.86. The van der Waals surface area contributed by atoms with Crippen LogP contribution in [0.3, 0.4) is 0 Å². The summed E-state index contributed by atoms with van der Waals surface area (Å²) in [5, 5.41) is 4.28. The summed E-state index contributed by atoms with van der Waals surface area (Å²) in [5.41, 5.74) is 5.00. The van der Waals surface area contributed by atoms with E-state index in [1.54, 1.807) is 6.07 Å². The van der Waals surface area contributed by atoms with Crippen molar-refractivity contribution in [3.63, 3.8) is 0 Å². The van der Waals surface area contributed by atoms with E-state index in [4.69, 9.17) is 4.74 Å². The van der Waals surface area contributed by atoms with Gasteiger partial charge in [-0.05, 0) is 68.1 Å². The van der Waals surface area contributed by atoms with Crippen LogP contribution in [0.4, 0.5) is 4.39 Å². The highest BCUT2D eigenvalue weighted by Gasteiger charge is 2.22. The van der Waals surface area contributed by atoms with E-state index in [2.05, 4.69) is 22.1 Å². The average molecular weight is 410 g/mol. The zero-order valence-electron chi connectivity index (χ0n) is 17.7. The maximum absolute atomic E-state index is 13.9. The third kappa shape index (κ3) is 4.19. The highest BCUT2D eigenvalue weighted by molar-refractivity contribution is 5.99. The second kappa shape index (κ2) is 8.48. The minimum atomic E-state index is -0.332. The van der Waals surface area contributed by atoms with Gasteiger partial charge in [-0.25, -0.2) is 4.39 Å². The zero-order chi connectivity index (χ0) is 21.3. The number of aromatic amines is 1. The van der Waals surface area contributed by atoms with Crippen molar-refractivity contribution < 1.29 is 13.9 Å². The number of carbonyl (C=O) groups excluding carboxylic acids is 1. The lowest BCUT2D eigenvalue weighted by atomic mass is 10.0. The lowest BCUT2D eigenvalue weighted by molar-refractivity contribution is 0.0909. The van der Waals surface area contributed by atoms with Crippen LogP contribution in [0.5, 0.6) is 5.75 Å². The number of hydrogen-bond acceptors (Lipinski definition) is 3. The van der Waals surface area contributed by atoms with Crippen molar-refractivity contribution in [3.8, 4) is 5.75 Å². The van der Waals surface area contributed by atoms with Crippen LogP contribution in [-0.2, 0) is 6.54 Å². The number of nitrogens with zero attached hydrogens (tertiary/aromatic N) is 1. The molecule has 2 heterocycles. The largest absolute Gasteiger partial charge is 0.494 e. The number of rotatable bonds is 5. The first-order valence-electron chi connectivity index (χ1n) is 10.4. The summed E-state index contributed by atoms with van der Waals surface area (Å²) >= 11 is 0. The number of ether oxygens (including phenoxy) is 1. The summed E-state index contributed by atoms with van der Waals surface area (Å²) in [6.45, 7) is 6.55. The molecule has 0 atom stereocenters. The Morgan fingerprint density at radius 2 is 1.97 bits per heavy atom. The quantitative estimate of drug-likeness (QED) is 0.660. The van der Waals surface area contributed by atoms with Crippen molar-refractivity contribution in [2.24, 2.45) is 0 Å². The molecule has 1 amide bonds. The molecule has 6 heteroatoms. The van der Waals surface area contributed by atoms with E-state index in [0.717, 1.165) is 48.1 Å². The first-order valence-corrected chi connectivity index (χ1v) is 10.4. The number of halogens is 1. The Kier molecular flexibility index (Phi) is 5.77. The second-order valence-electron chi connectivity index (χ2n) is 8.13. The molecule has 30 heavy (non-hydrogen) atoms. The van der Waals surface area contributed by atoms with Crippen LogP contribution in [0.1, 0.15) is 40.0 Å². The Labute approximate surface area is 176 Å². The molecular weight excluding hydrogens is 381 g/mol. The lowest BCUT2D eigenvalue weighted by Crippen LogP contribution is -2.44. The van der Waals surface area contributed by atoms with Gasteiger partial charge in [0.15, 0.2) is 11.6 Å². The Balaban J connectivity index is 1.33. The fourth-order valence-corrected chi connectivity index (χ4v) is 4.17. The molecule has 158 valence electrons. The molecule has 0 bridgehead atoms. The van der Waals surface area contributed by atoms with Crippen LogP contribution in [0.25, 0.3) is 10.9 Å². The predicted octanol–water partition coefficient (Wildman–Crippen LogP) is 4.33. The summed E-state index contributed by atoms with van der Waals surface area (Å²) in [4.78, 5) is 18.4. The molecule has 0 saturated carbocycles. The van der Waals surface area contributed by atoms with Gasteiger partial charge in [-0.2, -0.15) is 0 Å². The smallest absolute Gasteiger partial charge is 0.251 e. The monoisotopic (exact) mass is 409 g/mol. The number of amides is 1. The zero-order valence-corrected chi connectivity index (χ0v) is 17.7. The first-order chi connectivity index (χ1) is 14.4. The SMILES string of the molecule is COc1ccc(CN2CCC(NC(=O)c3ccc4[nH]c(C)c(C)c4c3)CC2)cc1F.